The number of alkyl halides is 3. The van der Waals surface area contributed by atoms with Crippen molar-refractivity contribution >= 4 is 0 Å². The third kappa shape index (κ3) is 5.00. The molecule has 0 radical (unpaired) electrons. The van der Waals surface area contributed by atoms with Crippen molar-refractivity contribution in [2.75, 3.05) is 7.11 Å². The smallest absolute Gasteiger partial charge is 0.416 e. The highest BCUT2D eigenvalue weighted by atomic mass is 19.4. The molecule has 0 aliphatic rings. The molecule has 0 bridgehead atoms. The molecular weight excluding hydrogens is 427 g/mol. The van der Waals surface area contributed by atoms with Crippen LogP contribution in [0.25, 0.3) is 0 Å². The molecule has 0 saturated heterocycles. The number of rotatable bonds is 6. The van der Waals surface area contributed by atoms with Crippen molar-refractivity contribution in [2.45, 2.75) is 19.7 Å². The van der Waals surface area contributed by atoms with Crippen LogP contribution < -0.4 is 19.9 Å². The van der Waals surface area contributed by atoms with Gasteiger partial charge < -0.3 is 14.2 Å². The van der Waals surface area contributed by atoms with E-state index in [1.165, 1.54) is 56.0 Å². The number of benzene rings is 2. The summed E-state index contributed by atoms with van der Waals surface area (Å²) in [6.45, 7) is 1.34. The molecule has 0 N–H and O–H groups in total. The molecule has 32 heavy (non-hydrogen) atoms. The lowest BCUT2D eigenvalue weighted by atomic mass is 10.1. The van der Waals surface area contributed by atoms with Crippen LogP contribution in [0.3, 0.4) is 0 Å². The van der Waals surface area contributed by atoms with Crippen molar-refractivity contribution in [3.63, 3.8) is 0 Å². The van der Waals surface area contributed by atoms with Crippen LogP contribution in [-0.4, -0.2) is 16.7 Å². The zero-order valence-corrected chi connectivity index (χ0v) is 17.4. The summed E-state index contributed by atoms with van der Waals surface area (Å²) in [5, 5.41) is 9.45. The van der Waals surface area contributed by atoms with Gasteiger partial charge >= 0.3 is 11.9 Å². The average Bonchev–Trinajstić information content (AvgIpc) is 2.75. The van der Waals surface area contributed by atoms with Crippen molar-refractivity contribution < 1.29 is 27.4 Å². The van der Waals surface area contributed by atoms with Gasteiger partial charge in [-0.05, 0) is 42.3 Å². The second kappa shape index (κ2) is 9.01. The Balaban J connectivity index is 1.79. The fraction of sp³-hybridized carbons (Fsp3) is 0.227. The third-order valence-electron chi connectivity index (χ3n) is 4.57. The third-order valence-corrected chi connectivity index (χ3v) is 4.57. The first-order chi connectivity index (χ1) is 15.1. The number of halogens is 3. The molecular formula is C22H18F3N3O4. The Morgan fingerprint density at radius 1 is 1.16 bits per heavy atom. The lowest BCUT2D eigenvalue weighted by molar-refractivity contribution is -0.138. The second-order valence-electron chi connectivity index (χ2n) is 6.79. The van der Waals surface area contributed by atoms with E-state index >= 15 is 0 Å². The van der Waals surface area contributed by atoms with E-state index < -0.39 is 17.4 Å². The normalized spacial score (nSPS) is 11.0. The lowest BCUT2D eigenvalue weighted by Gasteiger charge is -2.14. The van der Waals surface area contributed by atoms with E-state index in [-0.39, 0.29) is 41.0 Å². The number of ether oxygens (including phenoxy) is 3. The number of hydrogen-bond donors (Lipinski definition) is 0. The van der Waals surface area contributed by atoms with Gasteiger partial charge in [0.25, 0.3) is 0 Å². The van der Waals surface area contributed by atoms with Crippen molar-refractivity contribution in [3.8, 4) is 29.3 Å². The minimum absolute atomic E-state index is 0.0129. The topological polar surface area (TPSA) is 86.4 Å². The predicted octanol–water partition coefficient (Wildman–Crippen LogP) is 4.36. The summed E-state index contributed by atoms with van der Waals surface area (Å²) in [6.07, 6.45) is -4.52. The van der Waals surface area contributed by atoms with Crippen LogP contribution in [0.15, 0.2) is 47.3 Å². The molecule has 0 fully saturated rings. The van der Waals surface area contributed by atoms with Gasteiger partial charge in [-0.15, -0.1) is 0 Å². The van der Waals surface area contributed by atoms with Crippen LogP contribution >= 0.6 is 0 Å². The van der Waals surface area contributed by atoms with Crippen LogP contribution in [0.5, 0.6) is 23.3 Å². The van der Waals surface area contributed by atoms with Gasteiger partial charge in [-0.1, -0.05) is 12.1 Å². The average molecular weight is 445 g/mol. The quantitative estimate of drug-likeness (QED) is 0.561. The molecule has 7 nitrogen and oxygen atoms in total. The first-order valence-electron chi connectivity index (χ1n) is 9.26. The molecule has 3 aromatic rings. The van der Waals surface area contributed by atoms with Crippen molar-refractivity contribution in [3.05, 3.63) is 75.2 Å². The van der Waals surface area contributed by atoms with E-state index in [4.69, 9.17) is 14.2 Å². The molecule has 0 aliphatic heterocycles. The lowest BCUT2D eigenvalue weighted by Crippen LogP contribution is -2.21. The van der Waals surface area contributed by atoms with Gasteiger partial charge in [0.05, 0.1) is 24.3 Å². The number of nitrogens with zero attached hydrogens (tertiary/aromatic N) is 3. The first-order valence-corrected chi connectivity index (χ1v) is 9.26. The molecule has 10 heteroatoms. The summed E-state index contributed by atoms with van der Waals surface area (Å²) < 4.78 is 56.7. The van der Waals surface area contributed by atoms with Crippen LogP contribution in [0.1, 0.15) is 22.3 Å². The van der Waals surface area contributed by atoms with Gasteiger partial charge in [-0.25, -0.2) is 4.79 Å². The number of hydrogen-bond acceptors (Lipinski definition) is 6. The van der Waals surface area contributed by atoms with Crippen LogP contribution in [-0.2, 0) is 19.8 Å². The Hall–Kier alpha value is -4.00. The monoisotopic (exact) mass is 445 g/mol. The number of aromatic nitrogens is 2. The Bertz CT molecular complexity index is 1250. The molecule has 0 aliphatic carbocycles. The van der Waals surface area contributed by atoms with E-state index in [1.807, 2.05) is 6.07 Å². The predicted molar refractivity (Wildman–Crippen MR) is 108 cm³/mol. The summed E-state index contributed by atoms with van der Waals surface area (Å²) in [6, 6.07) is 11.5. The molecule has 0 spiro atoms. The standard InChI is InChI=1S/C22H18F3N3O4/c1-13-4-6-16(9-17(13)22(23,24)25)32-18-7-5-14(8-15(18)11-26)12-31-19-10-20(30-3)28(2)21(29)27-19/h4-10H,12H2,1-3H3. The van der Waals surface area contributed by atoms with Gasteiger partial charge in [0.2, 0.25) is 11.8 Å². The number of aryl methyl sites for hydroxylation is 1. The summed E-state index contributed by atoms with van der Waals surface area (Å²) in [7, 11) is 2.91. The fourth-order valence-electron chi connectivity index (χ4n) is 2.87. The molecule has 2 aromatic carbocycles. The molecule has 0 saturated carbocycles. The Morgan fingerprint density at radius 2 is 1.91 bits per heavy atom. The van der Waals surface area contributed by atoms with E-state index in [0.717, 1.165) is 6.07 Å². The maximum absolute atomic E-state index is 13.1. The van der Waals surface area contributed by atoms with Gasteiger partial charge in [0, 0.05) is 7.05 Å². The Labute approximate surface area is 181 Å². The number of methoxy groups -OCH3 is 1. The molecule has 0 atom stereocenters. The molecule has 0 unspecified atom stereocenters. The molecule has 1 heterocycles. The highest BCUT2D eigenvalue weighted by Crippen LogP contribution is 2.35. The summed E-state index contributed by atoms with van der Waals surface area (Å²) in [5.74, 6) is 0.363. The SMILES string of the molecule is COc1cc(OCc2ccc(Oc3ccc(C)c(C(F)(F)F)c3)c(C#N)c2)nc(=O)n1C. The van der Waals surface area contributed by atoms with E-state index in [0.29, 0.717) is 5.56 Å². The maximum Gasteiger partial charge on any atom is 0.416 e. The van der Waals surface area contributed by atoms with Crippen molar-refractivity contribution in [1.29, 1.82) is 5.26 Å². The van der Waals surface area contributed by atoms with Gasteiger partial charge in [0.15, 0.2) is 0 Å². The van der Waals surface area contributed by atoms with E-state index in [2.05, 4.69) is 4.98 Å². The van der Waals surface area contributed by atoms with Crippen LogP contribution in [0, 0.1) is 18.3 Å². The first kappa shape index (κ1) is 22.7. The summed E-state index contributed by atoms with van der Waals surface area (Å²) in [5.41, 5.74) is -0.628. The minimum Gasteiger partial charge on any atom is -0.482 e. The number of nitriles is 1. The second-order valence-corrected chi connectivity index (χ2v) is 6.79. The van der Waals surface area contributed by atoms with E-state index in [9.17, 15) is 23.2 Å². The maximum atomic E-state index is 13.1. The zero-order chi connectivity index (χ0) is 23.5. The summed E-state index contributed by atoms with van der Waals surface area (Å²) in [4.78, 5) is 15.6. The van der Waals surface area contributed by atoms with Crippen molar-refractivity contribution in [2.24, 2.45) is 7.05 Å². The van der Waals surface area contributed by atoms with Gasteiger partial charge in [0.1, 0.15) is 24.2 Å². The van der Waals surface area contributed by atoms with E-state index in [1.54, 1.807) is 6.07 Å². The molecule has 0 amide bonds. The zero-order valence-electron chi connectivity index (χ0n) is 17.4. The minimum atomic E-state index is -4.52. The van der Waals surface area contributed by atoms with Crippen LogP contribution in [0.2, 0.25) is 0 Å². The van der Waals surface area contributed by atoms with Crippen molar-refractivity contribution in [1.82, 2.24) is 9.55 Å². The fourth-order valence-corrected chi connectivity index (χ4v) is 2.87. The Kier molecular flexibility index (Phi) is 6.39. The van der Waals surface area contributed by atoms with Gasteiger partial charge in [-0.2, -0.15) is 23.4 Å². The highest BCUT2D eigenvalue weighted by Gasteiger charge is 2.32. The molecule has 3 rings (SSSR count). The molecule has 1 aromatic heterocycles. The highest BCUT2D eigenvalue weighted by molar-refractivity contribution is 5.48. The largest absolute Gasteiger partial charge is 0.482 e. The Morgan fingerprint density at radius 3 is 2.56 bits per heavy atom. The van der Waals surface area contributed by atoms with Gasteiger partial charge in [-0.3, -0.25) is 4.57 Å². The summed E-state index contributed by atoms with van der Waals surface area (Å²) >= 11 is 0. The van der Waals surface area contributed by atoms with Crippen LogP contribution in [0.4, 0.5) is 13.2 Å². The molecule has 166 valence electrons.